The lowest BCUT2D eigenvalue weighted by atomic mass is 10.1. The van der Waals surface area contributed by atoms with Gasteiger partial charge in [-0.05, 0) is 57.1 Å². The highest BCUT2D eigenvalue weighted by Gasteiger charge is 2.41. The SMILES string of the molecule is c1ccc(N(c2ccccn2)c2cccc(-c3cccc([Si](c4ccccc4)(c4ccccc4)c4ccccc4)c3)n2)cc1. The zero-order valence-corrected chi connectivity index (χ0v) is 25.2. The van der Waals surface area contributed by atoms with Crippen LogP contribution in [0.3, 0.4) is 0 Å². The summed E-state index contributed by atoms with van der Waals surface area (Å²) in [6.45, 7) is 0. The van der Waals surface area contributed by atoms with Crippen molar-refractivity contribution >= 4 is 46.1 Å². The standard InChI is InChI=1S/C40H31N3Si/c1-5-18-33(19-6-1)43(39-28-13-14-30-41-39)40-29-16-27-38(42-40)32-17-15-26-37(31-32)44(34-20-7-2-8-21-34,35-22-9-3-10-23-35)36-24-11-4-12-25-36/h1-31H. The maximum absolute atomic E-state index is 5.24. The fraction of sp³-hybridized carbons (Fsp3) is 0. The molecule has 0 aliphatic rings. The van der Waals surface area contributed by atoms with Gasteiger partial charge >= 0.3 is 0 Å². The Hall–Kier alpha value is -5.58. The third-order valence-electron chi connectivity index (χ3n) is 8.07. The lowest BCUT2D eigenvalue weighted by Gasteiger charge is -2.34. The minimum Gasteiger partial charge on any atom is -0.279 e. The van der Waals surface area contributed by atoms with Crippen LogP contribution in [-0.4, -0.2) is 18.0 Å². The van der Waals surface area contributed by atoms with E-state index < -0.39 is 8.07 Å². The van der Waals surface area contributed by atoms with Crippen LogP contribution in [0.2, 0.25) is 0 Å². The highest BCUT2D eigenvalue weighted by molar-refractivity contribution is 7.19. The van der Waals surface area contributed by atoms with Crippen molar-refractivity contribution < 1.29 is 0 Å². The molecule has 0 radical (unpaired) electrons. The van der Waals surface area contributed by atoms with Crippen molar-refractivity contribution in [2.75, 3.05) is 4.90 Å². The highest BCUT2D eigenvalue weighted by Crippen LogP contribution is 2.32. The van der Waals surface area contributed by atoms with E-state index in [2.05, 4.69) is 149 Å². The molecule has 0 aliphatic carbocycles. The highest BCUT2D eigenvalue weighted by atomic mass is 28.3. The van der Waals surface area contributed by atoms with Crippen LogP contribution in [0.1, 0.15) is 0 Å². The van der Waals surface area contributed by atoms with E-state index in [4.69, 9.17) is 4.98 Å². The summed E-state index contributed by atoms with van der Waals surface area (Å²) < 4.78 is 0. The van der Waals surface area contributed by atoms with Crippen LogP contribution in [0, 0.1) is 0 Å². The van der Waals surface area contributed by atoms with Gasteiger partial charge in [0.05, 0.1) is 5.69 Å². The van der Waals surface area contributed by atoms with Gasteiger partial charge in [-0.25, -0.2) is 9.97 Å². The first kappa shape index (κ1) is 27.3. The molecule has 0 unspecified atom stereocenters. The molecule has 7 rings (SSSR count). The fourth-order valence-corrected chi connectivity index (χ4v) is 10.9. The first-order chi connectivity index (χ1) is 21.8. The van der Waals surface area contributed by atoms with Crippen LogP contribution >= 0.6 is 0 Å². The van der Waals surface area contributed by atoms with Gasteiger partial charge in [-0.3, -0.25) is 4.90 Å². The Labute approximate surface area is 259 Å². The monoisotopic (exact) mass is 581 g/mol. The van der Waals surface area contributed by atoms with Crippen LogP contribution in [0.25, 0.3) is 11.3 Å². The zero-order valence-electron chi connectivity index (χ0n) is 24.2. The van der Waals surface area contributed by atoms with Gasteiger partial charge < -0.3 is 0 Å². The number of pyridine rings is 2. The minimum atomic E-state index is -2.65. The van der Waals surface area contributed by atoms with Gasteiger partial charge in [-0.2, -0.15) is 0 Å². The number of hydrogen-bond acceptors (Lipinski definition) is 3. The number of para-hydroxylation sites is 1. The van der Waals surface area contributed by atoms with E-state index in [0.29, 0.717) is 0 Å². The predicted octanol–water partition coefficient (Wildman–Crippen LogP) is 6.99. The van der Waals surface area contributed by atoms with Crippen molar-refractivity contribution in [3.8, 4) is 11.3 Å². The molecule has 5 aromatic carbocycles. The van der Waals surface area contributed by atoms with Crippen LogP contribution in [-0.2, 0) is 0 Å². The summed E-state index contributed by atoms with van der Waals surface area (Å²) in [5, 5.41) is 5.36. The van der Waals surface area contributed by atoms with Crippen molar-refractivity contribution in [1.29, 1.82) is 0 Å². The Morgan fingerprint density at radius 2 is 0.909 bits per heavy atom. The van der Waals surface area contributed by atoms with Crippen molar-refractivity contribution in [1.82, 2.24) is 9.97 Å². The van der Waals surface area contributed by atoms with Crippen molar-refractivity contribution in [3.05, 3.63) is 188 Å². The van der Waals surface area contributed by atoms with Crippen molar-refractivity contribution in [3.63, 3.8) is 0 Å². The summed E-state index contributed by atoms with van der Waals surface area (Å²) in [6, 6.07) is 64.5. The lowest BCUT2D eigenvalue weighted by molar-refractivity contribution is 1.13. The lowest BCUT2D eigenvalue weighted by Crippen LogP contribution is -2.74. The Bertz CT molecular complexity index is 1810. The molecular formula is C40H31N3Si. The normalized spacial score (nSPS) is 11.2. The number of nitrogens with zero attached hydrogens (tertiary/aromatic N) is 3. The molecule has 2 heterocycles. The molecular weight excluding hydrogens is 551 g/mol. The van der Waals surface area contributed by atoms with Gasteiger partial charge in [0.15, 0.2) is 8.07 Å². The summed E-state index contributed by atoms with van der Waals surface area (Å²) in [4.78, 5) is 12.0. The van der Waals surface area contributed by atoms with E-state index >= 15 is 0 Å². The molecule has 3 nitrogen and oxygen atoms in total. The summed E-state index contributed by atoms with van der Waals surface area (Å²) >= 11 is 0. The second kappa shape index (κ2) is 12.3. The van der Waals surface area contributed by atoms with E-state index in [1.54, 1.807) is 0 Å². The third-order valence-corrected chi connectivity index (χ3v) is 12.8. The van der Waals surface area contributed by atoms with Crippen LogP contribution in [0.15, 0.2) is 188 Å². The summed E-state index contributed by atoms with van der Waals surface area (Å²) in [5.41, 5.74) is 3.00. The molecule has 0 N–H and O–H groups in total. The summed E-state index contributed by atoms with van der Waals surface area (Å²) in [5.74, 6) is 1.64. The molecule has 0 spiro atoms. The third kappa shape index (κ3) is 5.12. The van der Waals surface area contributed by atoms with Gasteiger partial charge in [0.1, 0.15) is 11.6 Å². The van der Waals surface area contributed by atoms with E-state index in [0.717, 1.165) is 28.6 Å². The first-order valence-corrected chi connectivity index (χ1v) is 16.8. The topological polar surface area (TPSA) is 29.0 Å². The first-order valence-electron chi connectivity index (χ1n) is 14.8. The number of anilines is 3. The molecule has 0 saturated heterocycles. The van der Waals surface area contributed by atoms with E-state index in [-0.39, 0.29) is 0 Å². The molecule has 4 heteroatoms. The maximum Gasteiger partial charge on any atom is 0.179 e. The number of hydrogen-bond donors (Lipinski definition) is 0. The molecule has 0 saturated carbocycles. The summed E-state index contributed by atoms with van der Waals surface area (Å²) in [7, 11) is -2.65. The summed E-state index contributed by atoms with van der Waals surface area (Å²) in [6.07, 6.45) is 1.82. The van der Waals surface area contributed by atoms with Gasteiger partial charge in [-0.1, -0.05) is 146 Å². The van der Waals surface area contributed by atoms with E-state index in [1.807, 2.05) is 48.7 Å². The molecule has 2 aromatic heterocycles. The Kier molecular flexibility index (Phi) is 7.64. The average Bonchev–Trinajstić information content (AvgIpc) is 3.11. The second-order valence-corrected chi connectivity index (χ2v) is 14.5. The molecule has 210 valence electrons. The molecule has 0 aliphatic heterocycles. The average molecular weight is 582 g/mol. The molecule has 0 fully saturated rings. The van der Waals surface area contributed by atoms with Crippen LogP contribution in [0.4, 0.5) is 17.3 Å². The Morgan fingerprint density at radius 1 is 0.409 bits per heavy atom. The molecule has 7 aromatic rings. The van der Waals surface area contributed by atoms with Gasteiger partial charge in [0.2, 0.25) is 0 Å². The number of aromatic nitrogens is 2. The number of rotatable bonds is 8. The largest absolute Gasteiger partial charge is 0.279 e. The molecule has 0 amide bonds. The van der Waals surface area contributed by atoms with E-state index in [9.17, 15) is 0 Å². The second-order valence-electron chi connectivity index (χ2n) is 10.7. The molecule has 44 heavy (non-hydrogen) atoms. The van der Waals surface area contributed by atoms with Gasteiger partial charge in [0, 0.05) is 17.4 Å². The Morgan fingerprint density at radius 3 is 1.48 bits per heavy atom. The molecule has 0 atom stereocenters. The quantitative estimate of drug-likeness (QED) is 0.143. The fourth-order valence-electron chi connectivity index (χ4n) is 6.13. The van der Waals surface area contributed by atoms with Gasteiger partial charge in [0.25, 0.3) is 0 Å². The Balaban J connectivity index is 1.41. The van der Waals surface area contributed by atoms with Gasteiger partial charge in [-0.15, -0.1) is 0 Å². The molecule has 0 bridgehead atoms. The zero-order chi connectivity index (χ0) is 29.6. The van der Waals surface area contributed by atoms with Crippen LogP contribution in [0.5, 0.6) is 0 Å². The smallest absolute Gasteiger partial charge is 0.179 e. The minimum absolute atomic E-state index is 0.815. The van der Waals surface area contributed by atoms with Crippen molar-refractivity contribution in [2.45, 2.75) is 0 Å². The predicted molar refractivity (Wildman–Crippen MR) is 186 cm³/mol. The van der Waals surface area contributed by atoms with Crippen molar-refractivity contribution in [2.24, 2.45) is 0 Å². The number of benzene rings is 5. The van der Waals surface area contributed by atoms with E-state index in [1.165, 1.54) is 20.7 Å². The van der Waals surface area contributed by atoms with Crippen LogP contribution < -0.4 is 25.6 Å². The maximum atomic E-state index is 5.24.